The molecule has 2 aliphatic heterocycles. The van der Waals surface area contributed by atoms with Gasteiger partial charge in [-0.15, -0.1) is 6.58 Å². The molecule has 1 aromatic carbocycles. The van der Waals surface area contributed by atoms with E-state index in [0.29, 0.717) is 40.6 Å². The largest absolute Gasteiger partial charge is 0.384 e. The maximum absolute atomic E-state index is 13.4. The van der Waals surface area contributed by atoms with Gasteiger partial charge in [-0.1, -0.05) is 12.1 Å². The Morgan fingerprint density at radius 2 is 2.07 bits per heavy atom. The van der Waals surface area contributed by atoms with Crippen molar-refractivity contribution in [1.82, 2.24) is 34.2 Å². The Labute approximate surface area is 236 Å². The molecule has 5 aromatic rings. The number of allylic oxidation sites excluding steroid dienone is 1. The van der Waals surface area contributed by atoms with Crippen molar-refractivity contribution in [3.05, 3.63) is 77.5 Å². The van der Waals surface area contributed by atoms with E-state index in [1.165, 1.54) is 15.8 Å². The summed E-state index contributed by atoms with van der Waals surface area (Å²) in [7, 11) is 2.05. The van der Waals surface area contributed by atoms with E-state index in [0.717, 1.165) is 30.7 Å². The Kier molecular flexibility index (Phi) is 5.77. The minimum absolute atomic E-state index is 0.243. The highest BCUT2D eigenvalue weighted by molar-refractivity contribution is 5.97. The first-order chi connectivity index (χ1) is 19.7. The highest BCUT2D eigenvalue weighted by Crippen LogP contribution is 2.37. The average molecular weight is 552 g/mol. The summed E-state index contributed by atoms with van der Waals surface area (Å²) >= 11 is 0. The molecule has 2 bridgehead atoms. The Bertz CT molecular complexity index is 1880. The molecule has 0 amide bonds. The molecular weight excluding hydrogens is 518 g/mol. The van der Waals surface area contributed by atoms with Gasteiger partial charge >= 0.3 is 0 Å². The van der Waals surface area contributed by atoms with Crippen LogP contribution in [-0.4, -0.2) is 59.2 Å². The lowest BCUT2D eigenvalue weighted by atomic mass is 10.1. The van der Waals surface area contributed by atoms with Crippen molar-refractivity contribution in [2.45, 2.75) is 44.5 Å². The van der Waals surface area contributed by atoms with Crippen LogP contribution >= 0.6 is 0 Å². The second kappa shape index (κ2) is 9.28. The summed E-state index contributed by atoms with van der Waals surface area (Å²) in [6.07, 6.45) is 6.45. The molecule has 6 heterocycles. The maximum Gasteiger partial charge on any atom is 0.278 e. The Hall–Kier alpha value is -4.48. The van der Waals surface area contributed by atoms with Crippen molar-refractivity contribution in [2.75, 3.05) is 23.3 Å². The third-order valence-electron chi connectivity index (χ3n) is 8.16. The van der Waals surface area contributed by atoms with Gasteiger partial charge in [0, 0.05) is 61.4 Å². The number of piperazine rings is 1. The second-order valence-electron chi connectivity index (χ2n) is 11.5. The van der Waals surface area contributed by atoms with Gasteiger partial charge in [0.25, 0.3) is 5.56 Å². The van der Waals surface area contributed by atoms with Crippen LogP contribution in [0.15, 0.2) is 66.2 Å². The number of aliphatic hydroxyl groups is 1. The topological polar surface area (TPSA) is 118 Å². The van der Waals surface area contributed by atoms with Crippen molar-refractivity contribution in [3.8, 4) is 5.82 Å². The Balaban J connectivity index is 1.34. The molecule has 0 spiro atoms. The molecule has 0 radical (unpaired) electrons. The highest BCUT2D eigenvalue weighted by Gasteiger charge is 2.38. The first-order valence-electron chi connectivity index (χ1n) is 13.9. The van der Waals surface area contributed by atoms with Gasteiger partial charge in [-0.05, 0) is 50.6 Å². The molecule has 2 atom stereocenters. The lowest BCUT2D eigenvalue weighted by Gasteiger charge is -2.30. The molecule has 2 fully saturated rings. The average Bonchev–Trinajstić information content (AvgIpc) is 3.73. The van der Waals surface area contributed by atoms with Gasteiger partial charge in [0.2, 0.25) is 5.95 Å². The van der Waals surface area contributed by atoms with Gasteiger partial charge < -0.3 is 25.2 Å². The molecule has 41 heavy (non-hydrogen) atoms. The van der Waals surface area contributed by atoms with Crippen LogP contribution in [0, 0.1) is 0 Å². The summed E-state index contributed by atoms with van der Waals surface area (Å²) in [6.45, 7) is 9.42. The van der Waals surface area contributed by atoms with E-state index in [-0.39, 0.29) is 12.1 Å². The summed E-state index contributed by atoms with van der Waals surface area (Å²) in [5.41, 5.74) is 2.68. The normalized spacial score (nSPS) is 18.6. The number of fused-ring (bicyclic) bond motifs is 4. The van der Waals surface area contributed by atoms with Gasteiger partial charge in [0.15, 0.2) is 11.5 Å². The molecule has 7 rings (SSSR count). The van der Waals surface area contributed by atoms with Gasteiger partial charge in [-0.3, -0.25) is 4.79 Å². The fraction of sp³-hybridized carbons (Fsp3) is 0.333. The molecule has 0 aliphatic carbocycles. The first-order valence-corrected chi connectivity index (χ1v) is 13.9. The molecule has 11 nitrogen and oxygen atoms in total. The minimum Gasteiger partial charge on any atom is -0.384 e. The van der Waals surface area contributed by atoms with Crippen molar-refractivity contribution in [1.29, 1.82) is 0 Å². The van der Waals surface area contributed by atoms with Crippen molar-refractivity contribution in [3.63, 3.8) is 0 Å². The number of hydrogen-bond donors (Lipinski definition) is 3. The third kappa shape index (κ3) is 4.20. The molecule has 2 saturated heterocycles. The number of nitrogens with one attached hydrogen (secondary N) is 2. The van der Waals surface area contributed by atoms with Crippen LogP contribution in [0.3, 0.4) is 0 Å². The fourth-order valence-corrected chi connectivity index (χ4v) is 6.14. The van der Waals surface area contributed by atoms with E-state index in [4.69, 9.17) is 4.98 Å². The summed E-state index contributed by atoms with van der Waals surface area (Å²) in [5, 5.41) is 19.2. The van der Waals surface area contributed by atoms with E-state index in [9.17, 15) is 9.90 Å². The van der Waals surface area contributed by atoms with Crippen molar-refractivity contribution >= 4 is 39.3 Å². The predicted octanol–water partition coefficient (Wildman–Crippen LogP) is 3.18. The number of anilines is 3. The van der Waals surface area contributed by atoms with Crippen LogP contribution in [0.25, 0.3) is 27.8 Å². The first kappa shape index (κ1) is 25.5. The van der Waals surface area contributed by atoms with Crippen LogP contribution in [0.5, 0.6) is 0 Å². The number of nitrogens with zero attached hydrogens (tertiary/aromatic N) is 7. The number of benzene rings is 1. The van der Waals surface area contributed by atoms with E-state index in [1.54, 1.807) is 42.9 Å². The van der Waals surface area contributed by atoms with Crippen molar-refractivity contribution < 1.29 is 5.11 Å². The lowest BCUT2D eigenvalue weighted by molar-refractivity contribution is 0.0738. The molecule has 210 valence electrons. The number of aryl methyl sites for hydroxylation is 1. The summed E-state index contributed by atoms with van der Waals surface area (Å²) < 4.78 is 5.31. The molecule has 11 heteroatoms. The zero-order valence-electron chi connectivity index (χ0n) is 23.4. The third-order valence-corrected chi connectivity index (χ3v) is 8.16. The van der Waals surface area contributed by atoms with E-state index in [1.807, 2.05) is 13.1 Å². The monoisotopic (exact) mass is 551 g/mol. The Morgan fingerprint density at radius 1 is 1.22 bits per heavy atom. The zero-order chi connectivity index (χ0) is 28.5. The van der Waals surface area contributed by atoms with Gasteiger partial charge in [-0.25, -0.2) is 19.3 Å². The summed E-state index contributed by atoms with van der Waals surface area (Å²) in [6, 6.07) is 12.8. The second-order valence-corrected chi connectivity index (χ2v) is 11.5. The molecule has 4 aromatic heterocycles. The standard InChI is InChI=1S/C30H33N9O2/c1-5-10-38-28(40)22-16-32-29(35-27(22)39(38)26-8-6-7-25(34-26)30(2,3)41)33-18-13-23-21(9-11-36(23)4)24(14-18)37-17-19-12-20(37)15-31-19/h5-9,11,13-14,16,19-20,31,41H,1,10,12,15,17H2,2-4H3,(H,32,33,35)/t19-,20-/m0/s1. The van der Waals surface area contributed by atoms with Gasteiger partial charge in [0.05, 0.1) is 17.8 Å². The fourth-order valence-electron chi connectivity index (χ4n) is 6.14. The maximum atomic E-state index is 13.4. The van der Waals surface area contributed by atoms with Crippen LogP contribution < -0.4 is 21.1 Å². The van der Waals surface area contributed by atoms with Gasteiger partial charge in [0.1, 0.15) is 11.0 Å². The number of rotatable bonds is 7. The van der Waals surface area contributed by atoms with Crippen LogP contribution in [0.2, 0.25) is 0 Å². The van der Waals surface area contributed by atoms with Gasteiger partial charge in [-0.2, -0.15) is 4.98 Å². The quantitative estimate of drug-likeness (QED) is 0.264. The van der Waals surface area contributed by atoms with Crippen molar-refractivity contribution in [2.24, 2.45) is 7.05 Å². The SMILES string of the molecule is C=CCn1c(=O)c2cnc(Nc3cc(N4C[C@@H]5C[C@H]4CN5)c4ccn(C)c4c3)nc2n1-c1cccc(C(C)(C)O)n1. The predicted molar refractivity (Wildman–Crippen MR) is 160 cm³/mol. The zero-order valence-corrected chi connectivity index (χ0v) is 23.4. The highest BCUT2D eigenvalue weighted by atomic mass is 16.3. The molecule has 2 aliphatic rings. The molecule has 3 N–H and O–H groups in total. The van der Waals surface area contributed by atoms with E-state index in [2.05, 4.69) is 61.0 Å². The van der Waals surface area contributed by atoms with Crippen LogP contribution in [0.1, 0.15) is 26.0 Å². The molecular formula is C30H33N9O2. The Morgan fingerprint density at radius 3 is 2.80 bits per heavy atom. The summed E-state index contributed by atoms with van der Waals surface area (Å²) in [5.74, 6) is 0.832. The molecule has 0 saturated carbocycles. The molecule has 0 unspecified atom stereocenters. The summed E-state index contributed by atoms with van der Waals surface area (Å²) in [4.78, 5) is 29.9. The smallest absolute Gasteiger partial charge is 0.278 e. The number of pyridine rings is 1. The number of hydrogen-bond acceptors (Lipinski definition) is 8. The minimum atomic E-state index is -1.15. The van der Waals surface area contributed by atoms with E-state index >= 15 is 0 Å². The lowest BCUT2D eigenvalue weighted by Crippen LogP contribution is -2.43. The van der Waals surface area contributed by atoms with Crippen LogP contribution in [0.4, 0.5) is 17.3 Å². The number of aromatic nitrogens is 6. The van der Waals surface area contributed by atoms with Crippen LogP contribution in [-0.2, 0) is 19.2 Å². The van der Waals surface area contributed by atoms with E-state index < -0.39 is 5.60 Å².